The molecule has 3 aromatic rings. The number of benzene rings is 3. The molecule has 0 aliphatic heterocycles. The highest BCUT2D eigenvalue weighted by molar-refractivity contribution is 9.10. The summed E-state index contributed by atoms with van der Waals surface area (Å²) in [6, 6.07) is 15.1. The largest absolute Gasteiger partial charge is 0.493 e. The van der Waals surface area contributed by atoms with E-state index in [-0.39, 0.29) is 18.1 Å². The van der Waals surface area contributed by atoms with E-state index >= 15 is 0 Å². The number of halogens is 3. The van der Waals surface area contributed by atoms with Gasteiger partial charge < -0.3 is 19.5 Å². The van der Waals surface area contributed by atoms with Gasteiger partial charge in [0.05, 0.1) is 24.3 Å². The summed E-state index contributed by atoms with van der Waals surface area (Å²) in [6.07, 6.45) is 0. The van der Waals surface area contributed by atoms with Gasteiger partial charge in [0.2, 0.25) is 0 Å². The number of carbonyl (C=O) groups excluding carboxylic acids is 1. The summed E-state index contributed by atoms with van der Waals surface area (Å²) in [5, 5.41) is 3.59. The molecule has 0 aliphatic carbocycles. The van der Waals surface area contributed by atoms with Crippen LogP contribution in [0.5, 0.6) is 11.5 Å². The molecule has 32 heavy (non-hydrogen) atoms. The highest BCUT2D eigenvalue weighted by Crippen LogP contribution is 2.38. The van der Waals surface area contributed by atoms with E-state index in [4.69, 9.17) is 25.8 Å². The van der Waals surface area contributed by atoms with Crippen LogP contribution in [0.4, 0.5) is 10.1 Å². The molecule has 168 valence electrons. The van der Waals surface area contributed by atoms with Crippen molar-refractivity contribution in [1.29, 1.82) is 0 Å². The average molecular weight is 523 g/mol. The zero-order valence-corrected chi connectivity index (χ0v) is 19.9. The third kappa shape index (κ3) is 5.72. The first-order valence-corrected chi connectivity index (χ1v) is 11.0. The molecule has 3 rings (SSSR count). The molecule has 3 aromatic carbocycles. The summed E-state index contributed by atoms with van der Waals surface area (Å²) in [7, 11) is 1.54. The van der Waals surface area contributed by atoms with Crippen molar-refractivity contribution >= 4 is 39.2 Å². The van der Waals surface area contributed by atoms with E-state index in [1.807, 2.05) is 6.07 Å². The van der Waals surface area contributed by atoms with Gasteiger partial charge in [-0.2, -0.15) is 0 Å². The number of hydrogen-bond acceptors (Lipinski definition) is 5. The number of esters is 1. The van der Waals surface area contributed by atoms with Gasteiger partial charge in [-0.15, -0.1) is 0 Å². The van der Waals surface area contributed by atoms with Crippen molar-refractivity contribution in [3.63, 3.8) is 0 Å². The van der Waals surface area contributed by atoms with Gasteiger partial charge in [-0.25, -0.2) is 9.18 Å². The molecule has 0 aromatic heterocycles. The van der Waals surface area contributed by atoms with Gasteiger partial charge in [0.15, 0.2) is 11.5 Å². The van der Waals surface area contributed by atoms with E-state index in [0.29, 0.717) is 35.2 Å². The zero-order valence-electron chi connectivity index (χ0n) is 17.6. The minimum Gasteiger partial charge on any atom is -0.493 e. The van der Waals surface area contributed by atoms with E-state index in [2.05, 4.69) is 21.2 Å². The maximum absolute atomic E-state index is 14.2. The maximum atomic E-state index is 14.2. The van der Waals surface area contributed by atoms with Gasteiger partial charge in [0, 0.05) is 27.8 Å². The van der Waals surface area contributed by atoms with Crippen LogP contribution < -0.4 is 14.8 Å². The number of anilines is 1. The van der Waals surface area contributed by atoms with Gasteiger partial charge in [-0.3, -0.25) is 0 Å². The Bertz CT molecular complexity index is 1070. The molecule has 0 radical (unpaired) electrons. The summed E-state index contributed by atoms with van der Waals surface area (Å²) in [6.45, 7) is 2.42. The highest BCUT2D eigenvalue weighted by atomic mass is 79.9. The van der Waals surface area contributed by atoms with Crippen LogP contribution in [0.15, 0.2) is 59.1 Å². The first-order chi connectivity index (χ1) is 15.4. The number of rotatable bonds is 9. The molecule has 0 aliphatic rings. The second kappa shape index (κ2) is 11.2. The van der Waals surface area contributed by atoms with Crippen molar-refractivity contribution in [2.24, 2.45) is 0 Å². The Labute approximate surface area is 199 Å². The van der Waals surface area contributed by atoms with Gasteiger partial charge >= 0.3 is 5.97 Å². The predicted octanol–water partition coefficient (Wildman–Crippen LogP) is 6.62. The molecule has 0 saturated heterocycles. The number of carbonyl (C=O) groups is 1. The standard InChI is InChI=1S/C24H22BrClFNO4/c1-3-31-24(29)15-7-9-16(10-8-15)28-13-17-19(25)11-12-22(30-2)23(17)32-14-18-20(26)5-4-6-21(18)27/h4-12,28H,3,13-14H2,1-2H3. The lowest BCUT2D eigenvalue weighted by Gasteiger charge is -2.18. The molecule has 0 bridgehead atoms. The first kappa shape index (κ1) is 23.9. The fourth-order valence-electron chi connectivity index (χ4n) is 3.01. The molecule has 0 saturated carbocycles. The lowest BCUT2D eigenvalue weighted by atomic mass is 10.1. The van der Waals surface area contributed by atoms with Crippen LogP contribution in [0.25, 0.3) is 0 Å². The normalized spacial score (nSPS) is 10.5. The summed E-state index contributed by atoms with van der Waals surface area (Å²) in [5.41, 5.74) is 2.33. The molecule has 0 heterocycles. The topological polar surface area (TPSA) is 56.8 Å². The second-order valence-corrected chi connectivity index (χ2v) is 7.96. The molecular weight excluding hydrogens is 501 g/mol. The number of nitrogens with one attached hydrogen (secondary N) is 1. The Morgan fingerprint density at radius 3 is 2.50 bits per heavy atom. The summed E-state index contributed by atoms with van der Waals surface area (Å²) >= 11 is 9.68. The van der Waals surface area contributed by atoms with E-state index in [9.17, 15) is 9.18 Å². The molecule has 5 nitrogen and oxygen atoms in total. The van der Waals surface area contributed by atoms with Crippen molar-refractivity contribution in [3.05, 3.63) is 86.6 Å². The van der Waals surface area contributed by atoms with Crippen LogP contribution in [-0.2, 0) is 17.9 Å². The van der Waals surface area contributed by atoms with E-state index in [0.717, 1.165) is 15.7 Å². The van der Waals surface area contributed by atoms with Crippen LogP contribution in [-0.4, -0.2) is 19.7 Å². The van der Waals surface area contributed by atoms with Crippen molar-refractivity contribution in [3.8, 4) is 11.5 Å². The number of methoxy groups -OCH3 is 1. The van der Waals surface area contributed by atoms with Gasteiger partial charge in [0.1, 0.15) is 12.4 Å². The van der Waals surface area contributed by atoms with Crippen LogP contribution in [0.1, 0.15) is 28.4 Å². The number of ether oxygens (including phenoxy) is 3. The molecule has 0 fully saturated rings. The molecule has 0 atom stereocenters. The monoisotopic (exact) mass is 521 g/mol. The lowest BCUT2D eigenvalue weighted by Crippen LogP contribution is -2.08. The van der Waals surface area contributed by atoms with E-state index in [1.165, 1.54) is 13.2 Å². The third-order valence-electron chi connectivity index (χ3n) is 4.67. The van der Waals surface area contributed by atoms with Crippen molar-refractivity contribution < 1.29 is 23.4 Å². The average Bonchev–Trinajstić information content (AvgIpc) is 2.79. The Kier molecular flexibility index (Phi) is 8.36. The Hall–Kier alpha value is -2.77. The van der Waals surface area contributed by atoms with E-state index in [1.54, 1.807) is 49.4 Å². The van der Waals surface area contributed by atoms with Gasteiger partial charge in [-0.1, -0.05) is 33.6 Å². The smallest absolute Gasteiger partial charge is 0.338 e. The molecule has 8 heteroatoms. The Morgan fingerprint density at radius 1 is 1.09 bits per heavy atom. The molecule has 0 amide bonds. The second-order valence-electron chi connectivity index (χ2n) is 6.70. The third-order valence-corrected chi connectivity index (χ3v) is 5.77. The molecule has 1 N–H and O–H groups in total. The van der Waals surface area contributed by atoms with Gasteiger partial charge in [-0.05, 0) is 55.5 Å². The molecular formula is C24H22BrClFNO4. The summed E-state index contributed by atoms with van der Waals surface area (Å²) in [4.78, 5) is 11.8. The Morgan fingerprint density at radius 2 is 1.84 bits per heavy atom. The minimum atomic E-state index is -0.437. The fourth-order valence-corrected chi connectivity index (χ4v) is 3.68. The minimum absolute atomic E-state index is 0.0560. The maximum Gasteiger partial charge on any atom is 0.338 e. The van der Waals surface area contributed by atoms with E-state index < -0.39 is 5.82 Å². The van der Waals surface area contributed by atoms with Crippen molar-refractivity contribution in [1.82, 2.24) is 0 Å². The molecule has 0 unspecified atom stereocenters. The quantitative estimate of drug-likeness (QED) is 0.320. The van der Waals surface area contributed by atoms with Crippen LogP contribution >= 0.6 is 27.5 Å². The zero-order chi connectivity index (χ0) is 23.1. The first-order valence-electron chi connectivity index (χ1n) is 9.86. The van der Waals surface area contributed by atoms with Crippen LogP contribution in [0.3, 0.4) is 0 Å². The highest BCUT2D eigenvalue weighted by Gasteiger charge is 2.17. The van der Waals surface area contributed by atoms with Crippen LogP contribution in [0, 0.1) is 5.82 Å². The number of hydrogen-bond donors (Lipinski definition) is 1. The molecule has 0 spiro atoms. The van der Waals surface area contributed by atoms with Gasteiger partial charge in [0.25, 0.3) is 0 Å². The fraction of sp³-hybridized carbons (Fsp3) is 0.208. The summed E-state index contributed by atoms with van der Waals surface area (Å²) < 4.78 is 31.4. The SMILES string of the molecule is CCOC(=O)c1ccc(NCc2c(Br)ccc(OC)c2OCc2c(F)cccc2Cl)cc1. The Balaban J connectivity index is 1.79. The predicted molar refractivity (Wildman–Crippen MR) is 126 cm³/mol. The summed E-state index contributed by atoms with van der Waals surface area (Å²) in [5.74, 6) is 0.178. The van der Waals surface area contributed by atoms with Crippen molar-refractivity contribution in [2.45, 2.75) is 20.1 Å². The lowest BCUT2D eigenvalue weighted by molar-refractivity contribution is 0.0526. The van der Waals surface area contributed by atoms with Crippen molar-refractivity contribution in [2.75, 3.05) is 19.0 Å². The van der Waals surface area contributed by atoms with Crippen LogP contribution in [0.2, 0.25) is 5.02 Å².